The molecule has 5 heteroatoms. The molecule has 126 valence electrons. The van der Waals surface area contributed by atoms with Gasteiger partial charge in [0.15, 0.2) is 0 Å². The number of hydrogen-bond donors (Lipinski definition) is 1. The molecular weight excluding hydrogens is 314 g/mol. The molecule has 0 saturated carbocycles. The summed E-state index contributed by atoms with van der Waals surface area (Å²) in [5.74, 6) is 0.485. The fourth-order valence-corrected chi connectivity index (χ4v) is 3.15. The second-order valence-electron chi connectivity index (χ2n) is 6.06. The number of H-pyrrole nitrogens is 1. The zero-order valence-corrected chi connectivity index (χ0v) is 14.2. The van der Waals surface area contributed by atoms with Gasteiger partial charge in [-0.3, -0.25) is 9.20 Å². The van der Waals surface area contributed by atoms with Crippen molar-refractivity contribution in [3.8, 4) is 11.3 Å². The van der Waals surface area contributed by atoms with E-state index in [1.54, 1.807) is 0 Å². The van der Waals surface area contributed by atoms with Crippen LogP contribution in [0.5, 0.6) is 0 Å². The third kappa shape index (κ3) is 2.67. The largest absolute Gasteiger partial charge is 0.466 e. The van der Waals surface area contributed by atoms with E-state index in [4.69, 9.17) is 9.72 Å². The molecule has 2 aromatic carbocycles. The van der Waals surface area contributed by atoms with E-state index < -0.39 is 0 Å². The van der Waals surface area contributed by atoms with Gasteiger partial charge in [0, 0.05) is 5.56 Å². The Bertz CT molecular complexity index is 1060. The average molecular weight is 333 g/mol. The number of hydrogen-bond acceptors (Lipinski definition) is 3. The Morgan fingerprint density at radius 3 is 2.68 bits per heavy atom. The monoisotopic (exact) mass is 333 g/mol. The minimum atomic E-state index is -0.247. The Kier molecular flexibility index (Phi) is 3.76. The lowest BCUT2D eigenvalue weighted by molar-refractivity contribution is -0.142. The maximum Gasteiger partial charge on any atom is 0.311 e. The number of esters is 1. The first-order valence-corrected chi connectivity index (χ1v) is 8.38. The van der Waals surface area contributed by atoms with Gasteiger partial charge in [-0.2, -0.15) is 0 Å². The summed E-state index contributed by atoms with van der Waals surface area (Å²) in [6.07, 6.45) is 0.181. The molecule has 0 atom stereocenters. The minimum absolute atomic E-state index is 0.181. The van der Waals surface area contributed by atoms with E-state index in [0.29, 0.717) is 6.61 Å². The zero-order chi connectivity index (χ0) is 17.4. The molecule has 0 aliphatic rings. The molecule has 25 heavy (non-hydrogen) atoms. The molecule has 1 N–H and O–H groups in total. The van der Waals surface area contributed by atoms with Gasteiger partial charge in [-0.15, -0.1) is 0 Å². The van der Waals surface area contributed by atoms with Crippen LogP contribution in [0.2, 0.25) is 0 Å². The molecule has 4 aromatic rings. The van der Waals surface area contributed by atoms with Gasteiger partial charge >= 0.3 is 5.97 Å². The highest BCUT2D eigenvalue weighted by molar-refractivity contribution is 5.84. The third-order valence-electron chi connectivity index (χ3n) is 4.31. The summed E-state index contributed by atoms with van der Waals surface area (Å²) in [4.78, 5) is 20.3. The molecule has 0 aliphatic heterocycles. The molecule has 0 amide bonds. The van der Waals surface area contributed by atoms with Crippen LogP contribution in [0.3, 0.4) is 0 Å². The van der Waals surface area contributed by atoms with Crippen LogP contribution in [0.15, 0.2) is 48.5 Å². The van der Waals surface area contributed by atoms with Gasteiger partial charge in [0.2, 0.25) is 5.78 Å². The zero-order valence-electron chi connectivity index (χ0n) is 14.2. The van der Waals surface area contributed by atoms with Gasteiger partial charge in [-0.1, -0.05) is 42.0 Å². The second kappa shape index (κ2) is 6.09. The topological polar surface area (TPSA) is 59.4 Å². The van der Waals surface area contributed by atoms with Gasteiger partial charge in [-0.05, 0) is 26.0 Å². The van der Waals surface area contributed by atoms with Crippen LogP contribution in [0.4, 0.5) is 0 Å². The Balaban J connectivity index is 1.95. The van der Waals surface area contributed by atoms with Crippen molar-refractivity contribution in [2.24, 2.45) is 0 Å². The highest BCUT2D eigenvalue weighted by atomic mass is 16.5. The van der Waals surface area contributed by atoms with Crippen molar-refractivity contribution in [1.82, 2.24) is 14.4 Å². The molecule has 0 aliphatic carbocycles. The maximum absolute atomic E-state index is 12.2. The maximum atomic E-state index is 12.2. The first kappa shape index (κ1) is 15.4. The van der Waals surface area contributed by atoms with Crippen molar-refractivity contribution in [3.63, 3.8) is 0 Å². The standard InChI is InChI=1S/C20H19N3O2/c1-3-25-18(24)12-17-19(14-10-8-13(2)9-11-14)22-20-21-15-6-4-5-7-16(15)23(17)20/h4-11H,3,12H2,1-2H3,(H,21,22). The lowest BCUT2D eigenvalue weighted by Gasteiger charge is -2.06. The summed E-state index contributed by atoms with van der Waals surface area (Å²) in [5, 5.41) is 0. The van der Waals surface area contributed by atoms with Gasteiger partial charge < -0.3 is 9.72 Å². The van der Waals surface area contributed by atoms with Crippen LogP contribution in [-0.2, 0) is 16.0 Å². The molecule has 5 nitrogen and oxygen atoms in total. The van der Waals surface area contributed by atoms with E-state index in [0.717, 1.165) is 33.8 Å². The highest BCUT2D eigenvalue weighted by Gasteiger charge is 2.20. The fourth-order valence-electron chi connectivity index (χ4n) is 3.15. The summed E-state index contributed by atoms with van der Waals surface area (Å²) in [6, 6.07) is 16.2. The number of aromatic nitrogens is 3. The van der Waals surface area contributed by atoms with Crippen molar-refractivity contribution in [1.29, 1.82) is 0 Å². The molecule has 0 radical (unpaired) electrons. The first-order chi connectivity index (χ1) is 12.2. The average Bonchev–Trinajstić information content (AvgIpc) is 3.13. The Morgan fingerprint density at radius 1 is 1.16 bits per heavy atom. The number of benzene rings is 2. The number of aromatic amines is 1. The number of imidazole rings is 2. The number of carbonyl (C=O) groups is 1. The van der Waals surface area contributed by atoms with Crippen LogP contribution in [0.1, 0.15) is 18.2 Å². The van der Waals surface area contributed by atoms with Gasteiger partial charge in [0.1, 0.15) is 0 Å². The summed E-state index contributed by atoms with van der Waals surface area (Å²) in [7, 11) is 0. The molecule has 0 fully saturated rings. The van der Waals surface area contributed by atoms with Crippen LogP contribution in [-0.4, -0.2) is 26.9 Å². The number of fused-ring (bicyclic) bond motifs is 3. The minimum Gasteiger partial charge on any atom is -0.466 e. The summed E-state index contributed by atoms with van der Waals surface area (Å²) < 4.78 is 7.19. The van der Waals surface area contributed by atoms with Gasteiger partial charge in [0.25, 0.3) is 0 Å². The van der Waals surface area contributed by atoms with Crippen molar-refractivity contribution >= 4 is 22.8 Å². The summed E-state index contributed by atoms with van der Waals surface area (Å²) >= 11 is 0. The normalized spacial score (nSPS) is 11.3. The van der Waals surface area contributed by atoms with Gasteiger partial charge in [-0.25, -0.2) is 4.98 Å². The lowest BCUT2D eigenvalue weighted by Crippen LogP contribution is -2.10. The Hall–Kier alpha value is -3.08. The smallest absolute Gasteiger partial charge is 0.311 e. The quantitative estimate of drug-likeness (QED) is 0.576. The number of nitrogens with one attached hydrogen (secondary N) is 1. The molecule has 2 heterocycles. The lowest BCUT2D eigenvalue weighted by atomic mass is 10.1. The number of para-hydroxylation sites is 2. The van der Waals surface area contributed by atoms with E-state index in [-0.39, 0.29) is 12.4 Å². The molecule has 2 aromatic heterocycles. The van der Waals surface area contributed by atoms with E-state index in [2.05, 4.69) is 17.1 Å². The van der Waals surface area contributed by atoms with Crippen molar-refractivity contribution in [2.75, 3.05) is 6.61 Å². The van der Waals surface area contributed by atoms with Crippen LogP contribution < -0.4 is 0 Å². The molecular formula is C20H19N3O2. The number of nitrogens with zero attached hydrogens (tertiary/aromatic N) is 2. The number of aryl methyl sites for hydroxylation is 1. The summed E-state index contributed by atoms with van der Waals surface area (Å²) in [5.41, 5.74) is 5.82. The van der Waals surface area contributed by atoms with E-state index in [1.165, 1.54) is 5.56 Å². The van der Waals surface area contributed by atoms with Crippen LogP contribution >= 0.6 is 0 Å². The predicted molar refractivity (Wildman–Crippen MR) is 97.6 cm³/mol. The predicted octanol–water partition coefficient (Wildman–Crippen LogP) is 3.90. The molecule has 0 saturated heterocycles. The number of rotatable bonds is 4. The number of carbonyl (C=O) groups excluding carboxylic acids is 1. The number of ether oxygens (including phenoxy) is 1. The third-order valence-corrected chi connectivity index (χ3v) is 4.31. The highest BCUT2D eigenvalue weighted by Crippen LogP contribution is 2.28. The SMILES string of the molecule is CCOC(=O)Cc1c(-c2ccc(C)cc2)nc2[nH]c3ccccc3n12. The van der Waals surface area contributed by atoms with Crippen LogP contribution in [0, 0.1) is 6.92 Å². The Morgan fingerprint density at radius 2 is 1.92 bits per heavy atom. The Labute approximate surface area is 145 Å². The van der Waals surface area contributed by atoms with Gasteiger partial charge in [0.05, 0.1) is 35.4 Å². The molecule has 0 bridgehead atoms. The first-order valence-electron chi connectivity index (χ1n) is 8.38. The van der Waals surface area contributed by atoms with Crippen molar-refractivity contribution < 1.29 is 9.53 Å². The molecule has 0 unspecified atom stereocenters. The van der Waals surface area contributed by atoms with E-state index >= 15 is 0 Å². The second-order valence-corrected chi connectivity index (χ2v) is 6.06. The molecule has 4 rings (SSSR count). The molecule has 0 spiro atoms. The summed E-state index contributed by atoms with van der Waals surface area (Å²) in [6.45, 7) is 4.24. The van der Waals surface area contributed by atoms with Crippen LogP contribution in [0.25, 0.3) is 28.1 Å². The van der Waals surface area contributed by atoms with Crippen molar-refractivity contribution in [2.45, 2.75) is 20.3 Å². The fraction of sp³-hybridized carbons (Fsp3) is 0.200. The van der Waals surface area contributed by atoms with Crippen molar-refractivity contribution in [3.05, 3.63) is 59.8 Å². The van der Waals surface area contributed by atoms with E-state index in [9.17, 15) is 4.79 Å². The van der Waals surface area contributed by atoms with E-state index in [1.807, 2.05) is 54.6 Å².